The largest absolute Gasteiger partial charge is 0.486 e. The zero-order valence-corrected chi connectivity index (χ0v) is 14.3. The van der Waals surface area contributed by atoms with E-state index in [-0.39, 0.29) is 17.6 Å². The van der Waals surface area contributed by atoms with Crippen LogP contribution in [0.3, 0.4) is 0 Å². The van der Waals surface area contributed by atoms with E-state index in [0.717, 1.165) is 18.2 Å². The van der Waals surface area contributed by atoms with Crippen LogP contribution in [0.25, 0.3) is 6.08 Å². The molecule has 136 valence electrons. The topological polar surface area (TPSA) is 38.8 Å². The molecule has 3 rings (SSSR count). The van der Waals surface area contributed by atoms with Crippen LogP contribution in [0.4, 0.5) is 8.78 Å². The van der Waals surface area contributed by atoms with E-state index in [1.54, 1.807) is 6.07 Å². The summed E-state index contributed by atoms with van der Waals surface area (Å²) in [7, 11) is 0. The fourth-order valence-corrected chi connectivity index (χ4v) is 2.70. The first kappa shape index (κ1) is 17.9. The summed E-state index contributed by atoms with van der Waals surface area (Å²) in [5, 5.41) is 0. The Labute approximate surface area is 150 Å². The number of benzene rings is 2. The molecule has 0 spiro atoms. The van der Waals surface area contributed by atoms with Crippen molar-refractivity contribution in [3.05, 3.63) is 65.7 Å². The molecular weight excluding hydrogens is 340 g/mol. The van der Waals surface area contributed by atoms with Crippen LogP contribution >= 0.6 is 0 Å². The van der Waals surface area contributed by atoms with Gasteiger partial charge in [0.1, 0.15) is 18.2 Å². The Morgan fingerprint density at radius 3 is 2.54 bits per heavy atom. The third kappa shape index (κ3) is 4.02. The zero-order valence-electron chi connectivity index (χ0n) is 14.3. The average Bonchev–Trinajstić information content (AvgIpc) is 2.65. The predicted molar refractivity (Wildman–Crippen MR) is 94.0 cm³/mol. The van der Waals surface area contributed by atoms with Crippen molar-refractivity contribution in [1.29, 1.82) is 0 Å². The van der Waals surface area contributed by atoms with E-state index in [1.807, 2.05) is 25.1 Å². The first-order chi connectivity index (χ1) is 12.6. The standard InChI is InChI=1S/C20H19F2NO3/c1-2-23(12-14-13-25-18-8-3-4-9-19(18)26-14)20(24)11-10-15-16(21)6-5-7-17(15)22/h3-11,14H,2,12-13H2,1H3/b11-10+. The van der Waals surface area contributed by atoms with Gasteiger partial charge in [0.25, 0.3) is 0 Å². The highest BCUT2D eigenvalue weighted by Crippen LogP contribution is 2.31. The third-order valence-corrected chi connectivity index (χ3v) is 4.08. The molecule has 6 heteroatoms. The number of para-hydroxylation sites is 2. The van der Waals surface area contributed by atoms with Gasteiger partial charge in [0.2, 0.25) is 5.91 Å². The predicted octanol–water partition coefficient (Wildman–Crippen LogP) is 3.67. The molecule has 1 amide bonds. The van der Waals surface area contributed by atoms with Gasteiger partial charge in [0, 0.05) is 18.2 Å². The lowest BCUT2D eigenvalue weighted by molar-refractivity contribution is -0.127. The zero-order chi connectivity index (χ0) is 18.5. The molecule has 0 aromatic heterocycles. The number of carbonyl (C=O) groups excluding carboxylic acids is 1. The molecule has 0 saturated carbocycles. The fraction of sp³-hybridized carbons (Fsp3) is 0.250. The summed E-state index contributed by atoms with van der Waals surface area (Å²) < 4.78 is 38.8. The normalized spacial score (nSPS) is 15.9. The lowest BCUT2D eigenvalue weighted by Gasteiger charge is -2.30. The molecule has 2 aromatic rings. The quantitative estimate of drug-likeness (QED) is 0.765. The SMILES string of the molecule is CCN(CC1COc2ccccc2O1)C(=O)/C=C/c1c(F)cccc1F. The van der Waals surface area contributed by atoms with Gasteiger partial charge in [-0.2, -0.15) is 0 Å². The van der Waals surface area contributed by atoms with Crippen molar-refractivity contribution in [2.75, 3.05) is 19.7 Å². The Bertz CT molecular complexity index is 802. The number of carbonyl (C=O) groups is 1. The van der Waals surface area contributed by atoms with E-state index >= 15 is 0 Å². The van der Waals surface area contributed by atoms with E-state index in [2.05, 4.69) is 0 Å². The van der Waals surface area contributed by atoms with Gasteiger partial charge in [-0.25, -0.2) is 8.78 Å². The average molecular weight is 359 g/mol. The summed E-state index contributed by atoms with van der Waals surface area (Å²) >= 11 is 0. The third-order valence-electron chi connectivity index (χ3n) is 4.08. The van der Waals surface area contributed by atoms with Crippen molar-refractivity contribution in [3.8, 4) is 11.5 Å². The van der Waals surface area contributed by atoms with Crippen LogP contribution in [-0.4, -0.2) is 36.6 Å². The first-order valence-electron chi connectivity index (χ1n) is 8.38. The van der Waals surface area contributed by atoms with Crippen LogP contribution in [0.15, 0.2) is 48.5 Å². The molecule has 0 saturated heterocycles. The van der Waals surface area contributed by atoms with Gasteiger partial charge in [-0.3, -0.25) is 4.79 Å². The number of likely N-dealkylation sites (N-methyl/N-ethyl adjacent to an activating group) is 1. The molecule has 0 radical (unpaired) electrons. The van der Waals surface area contributed by atoms with Gasteiger partial charge < -0.3 is 14.4 Å². The van der Waals surface area contributed by atoms with Crippen LogP contribution in [0.5, 0.6) is 11.5 Å². The minimum atomic E-state index is -0.710. The Morgan fingerprint density at radius 2 is 1.85 bits per heavy atom. The number of ether oxygens (including phenoxy) is 2. The van der Waals surface area contributed by atoms with E-state index in [1.165, 1.54) is 17.0 Å². The number of nitrogens with zero attached hydrogens (tertiary/aromatic N) is 1. The summed E-state index contributed by atoms with van der Waals surface area (Å²) in [4.78, 5) is 13.9. The Morgan fingerprint density at radius 1 is 1.15 bits per heavy atom. The number of amides is 1. The molecule has 1 heterocycles. The number of hydrogen-bond acceptors (Lipinski definition) is 3. The van der Waals surface area contributed by atoms with Crippen molar-refractivity contribution in [3.63, 3.8) is 0 Å². The van der Waals surface area contributed by atoms with E-state index in [9.17, 15) is 13.6 Å². The highest BCUT2D eigenvalue weighted by molar-refractivity contribution is 5.91. The molecular formula is C20H19F2NO3. The van der Waals surface area contributed by atoms with Crippen molar-refractivity contribution in [2.45, 2.75) is 13.0 Å². The highest BCUT2D eigenvalue weighted by Gasteiger charge is 2.24. The second kappa shape index (κ2) is 7.99. The molecule has 0 aliphatic carbocycles. The summed E-state index contributed by atoms with van der Waals surface area (Å²) in [5.41, 5.74) is -0.233. The fourth-order valence-electron chi connectivity index (χ4n) is 2.70. The summed E-state index contributed by atoms with van der Waals surface area (Å²) in [6, 6.07) is 10.9. The molecule has 1 atom stereocenters. The van der Waals surface area contributed by atoms with Gasteiger partial charge in [0.05, 0.1) is 6.54 Å². The lowest BCUT2D eigenvalue weighted by Crippen LogP contribution is -2.43. The highest BCUT2D eigenvalue weighted by atomic mass is 19.1. The minimum Gasteiger partial charge on any atom is -0.486 e. The molecule has 0 fully saturated rings. The van der Waals surface area contributed by atoms with Crippen LogP contribution in [0, 0.1) is 11.6 Å². The smallest absolute Gasteiger partial charge is 0.246 e. The lowest BCUT2D eigenvalue weighted by atomic mass is 10.2. The number of hydrogen-bond donors (Lipinski definition) is 0. The van der Waals surface area contributed by atoms with Gasteiger partial charge >= 0.3 is 0 Å². The molecule has 1 aliphatic heterocycles. The number of fused-ring (bicyclic) bond motifs is 1. The summed E-state index contributed by atoms with van der Waals surface area (Å²) in [6.45, 7) is 2.90. The number of rotatable bonds is 5. The Balaban J connectivity index is 1.65. The maximum absolute atomic E-state index is 13.6. The first-order valence-corrected chi connectivity index (χ1v) is 8.38. The maximum Gasteiger partial charge on any atom is 0.246 e. The maximum atomic E-state index is 13.6. The number of halogens is 2. The van der Waals surface area contributed by atoms with Crippen LogP contribution in [0.1, 0.15) is 12.5 Å². The molecule has 0 N–H and O–H groups in total. The second-order valence-corrected chi connectivity index (χ2v) is 5.84. The van der Waals surface area contributed by atoms with Crippen LogP contribution in [-0.2, 0) is 4.79 Å². The van der Waals surface area contributed by atoms with Crippen molar-refractivity contribution < 1.29 is 23.0 Å². The second-order valence-electron chi connectivity index (χ2n) is 5.84. The Hall–Kier alpha value is -2.89. The van der Waals surface area contributed by atoms with Gasteiger partial charge in [-0.15, -0.1) is 0 Å². The van der Waals surface area contributed by atoms with E-state index in [4.69, 9.17) is 9.47 Å². The summed E-state index contributed by atoms with van der Waals surface area (Å²) in [6.07, 6.45) is 2.01. The van der Waals surface area contributed by atoms with Crippen molar-refractivity contribution >= 4 is 12.0 Å². The Kier molecular flexibility index (Phi) is 5.51. The molecule has 1 unspecified atom stereocenters. The molecule has 2 aromatic carbocycles. The molecule has 26 heavy (non-hydrogen) atoms. The molecule has 4 nitrogen and oxygen atoms in total. The van der Waals surface area contributed by atoms with Gasteiger partial charge in [-0.1, -0.05) is 18.2 Å². The van der Waals surface area contributed by atoms with E-state index in [0.29, 0.717) is 31.2 Å². The van der Waals surface area contributed by atoms with Crippen LogP contribution < -0.4 is 9.47 Å². The summed E-state index contributed by atoms with van der Waals surface area (Å²) in [5.74, 6) is -0.461. The molecule has 1 aliphatic rings. The van der Waals surface area contributed by atoms with Crippen molar-refractivity contribution in [2.24, 2.45) is 0 Å². The van der Waals surface area contributed by atoms with Gasteiger partial charge in [0.15, 0.2) is 17.6 Å². The monoisotopic (exact) mass is 359 g/mol. The molecule has 0 bridgehead atoms. The van der Waals surface area contributed by atoms with E-state index < -0.39 is 11.6 Å². The van der Waals surface area contributed by atoms with Crippen LogP contribution in [0.2, 0.25) is 0 Å². The van der Waals surface area contributed by atoms with Gasteiger partial charge in [-0.05, 0) is 37.3 Å². The minimum absolute atomic E-state index is 0.233. The van der Waals surface area contributed by atoms with Crippen molar-refractivity contribution in [1.82, 2.24) is 4.90 Å².